The number of hydrogen-bond donors (Lipinski definition) is 0. The maximum atomic E-state index is 6.63. The van der Waals surface area contributed by atoms with Crippen molar-refractivity contribution < 1.29 is 4.43 Å². The molecule has 2 aromatic rings. The smallest absolute Gasteiger partial charge is 0.167 e. The Kier molecular flexibility index (Phi) is 4.50. The van der Waals surface area contributed by atoms with E-state index in [0.717, 1.165) is 24.4 Å². The number of hydrogen-bond acceptors (Lipinski definition) is 1. The maximum Gasteiger partial charge on any atom is 0.167 e. The normalized spacial score (nSPS) is 32.7. The molecule has 136 valence electrons. The Morgan fingerprint density at radius 2 is 1.23 bits per heavy atom. The first kappa shape index (κ1) is 16.8. The molecule has 1 nitrogen and oxygen atoms in total. The van der Waals surface area contributed by atoms with Crippen LogP contribution in [0.1, 0.15) is 55.6 Å². The first-order valence-electron chi connectivity index (χ1n) is 10.5. The molecule has 4 bridgehead atoms. The zero-order valence-electron chi connectivity index (χ0n) is 15.6. The fourth-order valence-corrected chi connectivity index (χ4v) is 8.98. The van der Waals surface area contributed by atoms with Crippen LogP contribution in [0.15, 0.2) is 60.7 Å². The van der Waals surface area contributed by atoms with Gasteiger partial charge in [-0.05, 0) is 72.4 Å². The fourth-order valence-electron chi connectivity index (χ4n) is 6.62. The molecule has 6 rings (SSSR count). The Balaban J connectivity index is 1.29. The summed E-state index contributed by atoms with van der Waals surface area (Å²) in [5, 5.41) is 0.646. The van der Waals surface area contributed by atoms with E-state index in [1.54, 1.807) is 0 Å². The van der Waals surface area contributed by atoms with Gasteiger partial charge in [0.05, 0.1) is 0 Å². The maximum absolute atomic E-state index is 6.63. The highest BCUT2D eigenvalue weighted by atomic mass is 28.2. The second kappa shape index (κ2) is 6.98. The van der Waals surface area contributed by atoms with E-state index < -0.39 is 9.76 Å². The van der Waals surface area contributed by atoms with Crippen LogP contribution in [-0.2, 0) is 4.43 Å². The van der Waals surface area contributed by atoms with Crippen molar-refractivity contribution >= 4 is 9.76 Å². The van der Waals surface area contributed by atoms with Crippen molar-refractivity contribution in [3.05, 3.63) is 71.8 Å². The van der Waals surface area contributed by atoms with Crippen molar-refractivity contribution in [2.24, 2.45) is 17.8 Å². The van der Waals surface area contributed by atoms with E-state index in [9.17, 15) is 0 Å². The van der Waals surface area contributed by atoms with Gasteiger partial charge in [-0.2, -0.15) is 0 Å². The lowest BCUT2D eigenvalue weighted by Gasteiger charge is -2.56. The minimum atomic E-state index is -0.476. The van der Waals surface area contributed by atoms with Crippen LogP contribution in [0.25, 0.3) is 0 Å². The second-order valence-corrected chi connectivity index (χ2v) is 11.5. The second-order valence-electron chi connectivity index (χ2n) is 9.31. The zero-order chi connectivity index (χ0) is 17.4. The molecule has 2 heteroatoms. The minimum absolute atomic E-state index is 0.374. The summed E-state index contributed by atoms with van der Waals surface area (Å²) < 4.78 is 6.63. The van der Waals surface area contributed by atoms with Crippen LogP contribution in [0.5, 0.6) is 0 Å². The first-order valence-corrected chi connectivity index (χ1v) is 11.8. The van der Waals surface area contributed by atoms with Gasteiger partial charge >= 0.3 is 0 Å². The zero-order valence-corrected chi connectivity index (χ0v) is 17.1. The predicted molar refractivity (Wildman–Crippen MR) is 110 cm³/mol. The summed E-state index contributed by atoms with van der Waals surface area (Å²) in [6.07, 6.45) is 9.07. The van der Waals surface area contributed by atoms with E-state index in [0.29, 0.717) is 11.0 Å². The van der Waals surface area contributed by atoms with E-state index in [1.165, 1.54) is 49.7 Å². The minimum Gasteiger partial charge on any atom is -0.422 e. The van der Waals surface area contributed by atoms with Crippen molar-refractivity contribution in [3.63, 3.8) is 0 Å². The monoisotopic (exact) mass is 362 g/mol. The van der Waals surface area contributed by atoms with Crippen LogP contribution in [0.3, 0.4) is 0 Å². The van der Waals surface area contributed by atoms with Gasteiger partial charge in [0, 0.05) is 12.5 Å². The molecule has 4 aliphatic rings. The average Bonchev–Trinajstić information content (AvgIpc) is 2.66. The molecule has 26 heavy (non-hydrogen) atoms. The molecular weight excluding hydrogens is 332 g/mol. The van der Waals surface area contributed by atoms with E-state index in [2.05, 4.69) is 60.7 Å². The first-order chi connectivity index (χ1) is 12.8. The molecule has 0 amide bonds. The van der Waals surface area contributed by atoms with Crippen molar-refractivity contribution in [3.8, 4) is 0 Å². The van der Waals surface area contributed by atoms with Gasteiger partial charge in [-0.25, -0.2) is 0 Å². The van der Waals surface area contributed by atoms with Crippen molar-refractivity contribution in [1.82, 2.24) is 0 Å². The molecule has 4 fully saturated rings. The number of rotatable bonds is 6. The molecule has 0 aliphatic heterocycles. The quantitative estimate of drug-likeness (QED) is 0.633. The van der Waals surface area contributed by atoms with Gasteiger partial charge < -0.3 is 4.43 Å². The summed E-state index contributed by atoms with van der Waals surface area (Å²) in [7, 11) is -0.476. The highest BCUT2D eigenvalue weighted by Gasteiger charge is 2.51. The molecule has 0 N–H and O–H groups in total. The topological polar surface area (TPSA) is 9.23 Å². The van der Waals surface area contributed by atoms with E-state index in [1.807, 2.05) is 0 Å². The predicted octanol–water partition coefficient (Wildman–Crippen LogP) is 5.31. The third-order valence-electron chi connectivity index (χ3n) is 7.26. The molecule has 4 saturated carbocycles. The van der Waals surface area contributed by atoms with Crippen molar-refractivity contribution in [1.29, 1.82) is 0 Å². The molecule has 0 radical (unpaired) electrons. The molecule has 0 saturated heterocycles. The molecule has 0 spiro atoms. The van der Waals surface area contributed by atoms with Crippen LogP contribution < -0.4 is 0 Å². The molecule has 0 heterocycles. The molecule has 0 aromatic heterocycles. The van der Waals surface area contributed by atoms with E-state index >= 15 is 0 Å². The summed E-state index contributed by atoms with van der Waals surface area (Å²) in [4.78, 5) is 0. The van der Waals surface area contributed by atoms with E-state index in [-0.39, 0.29) is 0 Å². The third-order valence-corrected chi connectivity index (χ3v) is 9.18. The lowest BCUT2D eigenvalue weighted by Crippen LogP contribution is -2.45. The molecule has 2 aromatic carbocycles. The lowest BCUT2D eigenvalue weighted by atomic mass is 9.56. The van der Waals surface area contributed by atoms with E-state index in [4.69, 9.17) is 4.43 Å². The third kappa shape index (κ3) is 3.30. The Morgan fingerprint density at radius 3 is 1.69 bits per heavy atom. The van der Waals surface area contributed by atoms with Crippen LogP contribution >= 0.6 is 0 Å². The van der Waals surface area contributed by atoms with Gasteiger partial charge in [0.15, 0.2) is 9.76 Å². The van der Waals surface area contributed by atoms with Gasteiger partial charge in [0.1, 0.15) is 0 Å². The average molecular weight is 363 g/mol. The molecule has 0 atom stereocenters. The van der Waals surface area contributed by atoms with Crippen molar-refractivity contribution in [2.45, 2.75) is 49.5 Å². The molecular formula is C24H30OSi. The van der Waals surface area contributed by atoms with Gasteiger partial charge in [-0.15, -0.1) is 0 Å². The van der Waals surface area contributed by atoms with Gasteiger partial charge in [-0.1, -0.05) is 60.7 Å². The molecule has 4 aliphatic carbocycles. The van der Waals surface area contributed by atoms with Crippen LogP contribution in [0, 0.1) is 17.8 Å². The lowest BCUT2D eigenvalue weighted by molar-refractivity contribution is 0.0218. The summed E-state index contributed by atoms with van der Waals surface area (Å²) in [6, 6.07) is 21.9. The van der Waals surface area contributed by atoms with Gasteiger partial charge in [0.25, 0.3) is 0 Å². The summed E-state index contributed by atoms with van der Waals surface area (Å²) in [5.74, 6) is 3.49. The highest BCUT2D eigenvalue weighted by Crippen LogP contribution is 2.63. The van der Waals surface area contributed by atoms with Crippen molar-refractivity contribution in [2.75, 3.05) is 6.61 Å². The Labute approximate surface area is 160 Å². The Hall–Kier alpha value is -1.38. The van der Waals surface area contributed by atoms with Crippen LogP contribution in [-0.4, -0.2) is 16.4 Å². The standard InChI is InChI=1S/C24H30OSi/c1-3-7-21(8-4-1)23(22-9-5-2-6-10-22)17-25-26-24-14-18-11-19(15-24)13-20(12-18)16-24/h1-10,18-20,23H,11-17,26H2. The van der Waals surface area contributed by atoms with Crippen LogP contribution in [0.4, 0.5) is 0 Å². The van der Waals surface area contributed by atoms with Crippen LogP contribution in [0.2, 0.25) is 5.04 Å². The van der Waals surface area contributed by atoms with Gasteiger partial charge in [-0.3, -0.25) is 0 Å². The molecule has 0 unspecified atom stereocenters. The fraction of sp³-hybridized carbons (Fsp3) is 0.500. The van der Waals surface area contributed by atoms with Gasteiger partial charge in [0.2, 0.25) is 0 Å². The summed E-state index contributed by atoms with van der Waals surface area (Å²) in [6.45, 7) is 0.863. The Bertz CT molecular complexity index is 652. The SMILES string of the molecule is c1ccc(C(CO[SiH2]C23CC4CC(CC(C4)C2)C3)c2ccccc2)cc1. The highest BCUT2D eigenvalue weighted by molar-refractivity contribution is 6.32. The largest absolute Gasteiger partial charge is 0.422 e. The Morgan fingerprint density at radius 1 is 0.769 bits per heavy atom. The number of benzene rings is 2. The summed E-state index contributed by atoms with van der Waals surface area (Å²) >= 11 is 0. The summed E-state index contributed by atoms with van der Waals surface area (Å²) in [5.41, 5.74) is 2.77.